The fourth-order valence-corrected chi connectivity index (χ4v) is 5.63. The fourth-order valence-electron chi connectivity index (χ4n) is 2.62. The van der Waals surface area contributed by atoms with Gasteiger partial charge >= 0.3 is 5.97 Å². The molecule has 0 aromatic carbocycles. The molecule has 1 aromatic rings. The number of rotatable bonds is 4. The zero-order valence-corrected chi connectivity index (χ0v) is 14.8. The van der Waals surface area contributed by atoms with E-state index in [1.54, 1.807) is 0 Å². The van der Waals surface area contributed by atoms with Crippen molar-refractivity contribution in [1.29, 1.82) is 0 Å². The number of carbonyl (C=O) groups excluding carboxylic acids is 1. The Kier molecular flexibility index (Phi) is 6.75. The van der Waals surface area contributed by atoms with E-state index < -0.39 is 16.0 Å². The third-order valence-electron chi connectivity index (χ3n) is 3.76. The molecule has 22 heavy (non-hydrogen) atoms. The van der Waals surface area contributed by atoms with Crippen molar-refractivity contribution in [2.75, 3.05) is 20.2 Å². The first kappa shape index (κ1) is 19.3. The number of nitrogens with zero attached hydrogens (tertiary/aromatic N) is 2. The number of methoxy groups -OCH3 is 1. The average Bonchev–Trinajstić information content (AvgIpc) is 2.96. The Hall–Kier alpha value is -0.740. The summed E-state index contributed by atoms with van der Waals surface area (Å²) >= 11 is 0.925. The van der Waals surface area contributed by atoms with Crippen molar-refractivity contribution >= 4 is 39.7 Å². The minimum absolute atomic E-state index is 0. The van der Waals surface area contributed by atoms with Crippen LogP contribution in [0.2, 0.25) is 0 Å². The van der Waals surface area contributed by atoms with Crippen LogP contribution in [0.3, 0.4) is 0 Å². The number of hydrogen-bond acceptors (Lipinski definition) is 7. The number of halogens is 1. The first-order chi connectivity index (χ1) is 9.93. The van der Waals surface area contributed by atoms with Crippen LogP contribution in [-0.2, 0) is 14.8 Å². The quantitative estimate of drug-likeness (QED) is 0.797. The number of nitrogens with two attached hydrogens (primary N) is 1. The van der Waals surface area contributed by atoms with E-state index in [0.29, 0.717) is 6.54 Å². The fraction of sp³-hybridized carbons (Fsp3) is 0.667. The van der Waals surface area contributed by atoms with Gasteiger partial charge in [-0.15, -0.1) is 23.7 Å². The van der Waals surface area contributed by atoms with Crippen molar-refractivity contribution in [1.82, 2.24) is 9.29 Å². The molecule has 1 aliphatic rings. The predicted octanol–water partition coefficient (Wildman–Crippen LogP) is 1.10. The summed E-state index contributed by atoms with van der Waals surface area (Å²) in [6, 6.07) is -0.253. The van der Waals surface area contributed by atoms with Gasteiger partial charge in [-0.25, -0.2) is 18.2 Å². The molecule has 2 N–H and O–H groups in total. The van der Waals surface area contributed by atoms with Crippen LogP contribution in [0.1, 0.15) is 30.3 Å². The molecule has 0 saturated carbocycles. The molecule has 0 bridgehead atoms. The van der Waals surface area contributed by atoms with Crippen LogP contribution in [0.5, 0.6) is 0 Å². The van der Waals surface area contributed by atoms with Crippen molar-refractivity contribution in [3.8, 4) is 0 Å². The van der Waals surface area contributed by atoms with Crippen LogP contribution in [0, 0.1) is 5.92 Å². The third kappa shape index (κ3) is 3.43. The van der Waals surface area contributed by atoms with Crippen molar-refractivity contribution in [2.45, 2.75) is 30.0 Å². The zero-order chi connectivity index (χ0) is 15.6. The van der Waals surface area contributed by atoms with E-state index >= 15 is 0 Å². The van der Waals surface area contributed by atoms with Gasteiger partial charge in [0.1, 0.15) is 0 Å². The second-order valence-electron chi connectivity index (χ2n) is 5.02. The summed E-state index contributed by atoms with van der Waals surface area (Å²) in [5.41, 5.74) is 6.93. The zero-order valence-electron chi connectivity index (χ0n) is 12.4. The predicted molar refractivity (Wildman–Crippen MR) is 85.8 cm³/mol. The molecule has 1 aliphatic heterocycles. The van der Waals surface area contributed by atoms with Crippen molar-refractivity contribution in [3.05, 3.63) is 11.2 Å². The van der Waals surface area contributed by atoms with Gasteiger partial charge < -0.3 is 10.5 Å². The largest absolute Gasteiger partial charge is 0.464 e. The van der Waals surface area contributed by atoms with E-state index in [-0.39, 0.29) is 40.8 Å². The monoisotopic (exact) mass is 369 g/mol. The number of carbonyl (C=O) groups is 1. The van der Waals surface area contributed by atoms with E-state index in [2.05, 4.69) is 9.72 Å². The van der Waals surface area contributed by atoms with Crippen LogP contribution >= 0.6 is 23.7 Å². The van der Waals surface area contributed by atoms with Crippen molar-refractivity contribution in [2.24, 2.45) is 11.7 Å². The number of aromatic nitrogens is 1. The highest BCUT2D eigenvalue weighted by Crippen LogP contribution is 2.31. The molecule has 1 saturated heterocycles. The summed E-state index contributed by atoms with van der Waals surface area (Å²) in [5, 5.41) is 0. The summed E-state index contributed by atoms with van der Waals surface area (Å²) in [4.78, 5) is 15.5. The third-order valence-corrected chi connectivity index (χ3v) is 7.03. The Labute approximate surface area is 140 Å². The molecule has 0 amide bonds. The van der Waals surface area contributed by atoms with Crippen LogP contribution in [0.25, 0.3) is 0 Å². The van der Waals surface area contributed by atoms with Gasteiger partial charge in [0, 0.05) is 19.1 Å². The second-order valence-corrected chi connectivity index (χ2v) is 7.96. The number of thiazole rings is 1. The molecule has 0 spiro atoms. The lowest BCUT2D eigenvalue weighted by Crippen LogP contribution is -2.51. The van der Waals surface area contributed by atoms with Gasteiger partial charge in [0.15, 0.2) is 9.90 Å². The first-order valence-electron chi connectivity index (χ1n) is 6.67. The maximum atomic E-state index is 12.8. The molecule has 0 aliphatic carbocycles. The molecule has 7 nitrogen and oxygen atoms in total. The Morgan fingerprint density at radius 1 is 1.59 bits per heavy atom. The van der Waals surface area contributed by atoms with Gasteiger partial charge in [-0.05, 0) is 18.8 Å². The Morgan fingerprint density at radius 3 is 2.86 bits per heavy atom. The SMILES string of the molecule is COC(=O)c1ncsc1S(=O)(=O)N1CCCC(C)C1CN.Cl. The number of sulfonamides is 1. The van der Waals surface area contributed by atoms with E-state index in [0.717, 1.165) is 24.2 Å². The topological polar surface area (TPSA) is 103 Å². The van der Waals surface area contributed by atoms with Gasteiger partial charge in [-0.1, -0.05) is 6.92 Å². The van der Waals surface area contributed by atoms with Crippen LogP contribution in [0.4, 0.5) is 0 Å². The van der Waals surface area contributed by atoms with Crippen molar-refractivity contribution in [3.63, 3.8) is 0 Å². The molecular weight excluding hydrogens is 350 g/mol. The molecule has 2 rings (SSSR count). The Balaban J connectivity index is 0.00000242. The van der Waals surface area contributed by atoms with Crippen molar-refractivity contribution < 1.29 is 17.9 Å². The smallest absolute Gasteiger partial charge is 0.358 e. The van der Waals surface area contributed by atoms with Gasteiger partial charge in [0.2, 0.25) is 0 Å². The second kappa shape index (κ2) is 7.69. The van der Waals surface area contributed by atoms with E-state index in [9.17, 15) is 13.2 Å². The van der Waals surface area contributed by atoms with E-state index in [1.807, 2.05) is 6.92 Å². The highest BCUT2D eigenvalue weighted by Gasteiger charge is 2.39. The van der Waals surface area contributed by atoms with Crippen LogP contribution < -0.4 is 5.73 Å². The molecular formula is C12H20ClN3O4S2. The number of ether oxygens (including phenoxy) is 1. The number of esters is 1. The highest BCUT2D eigenvalue weighted by molar-refractivity contribution is 7.91. The maximum absolute atomic E-state index is 12.8. The summed E-state index contributed by atoms with van der Waals surface area (Å²) in [6.07, 6.45) is 1.73. The van der Waals surface area contributed by atoms with Gasteiger partial charge in [-0.3, -0.25) is 0 Å². The summed E-state index contributed by atoms with van der Waals surface area (Å²) < 4.78 is 31.6. The molecule has 10 heteroatoms. The summed E-state index contributed by atoms with van der Waals surface area (Å²) in [5.74, 6) is -0.558. The molecule has 2 heterocycles. The van der Waals surface area contributed by atoms with Crippen LogP contribution in [0.15, 0.2) is 9.72 Å². The molecule has 2 atom stereocenters. The Bertz CT molecular complexity index is 620. The van der Waals surface area contributed by atoms with Gasteiger partial charge in [-0.2, -0.15) is 4.31 Å². The minimum Gasteiger partial charge on any atom is -0.464 e. The standard InChI is InChI=1S/C12H19N3O4S2.ClH/c1-8-4-3-5-15(9(8)6-13)21(17,18)12-10(11(16)19-2)14-7-20-12;/h7-9H,3-6,13H2,1-2H3;1H. The van der Waals surface area contributed by atoms with Crippen LogP contribution in [-0.4, -0.2) is 49.9 Å². The van der Waals surface area contributed by atoms with Gasteiger partial charge in [0.25, 0.3) is 10.0 Å². The number of piperidine rings is 1. The average molecular weight is 370 g/mol. The summed E-state index contributed by atoms with van der Waals surface area (Å²) in [7, 11) is -2.59. The molecule has 126 valence electrons. The van der Waals surface area contributed by atoms with E-state index in [1.165, 1.54) is 16.9 Å². The summed E-state index contributed by atoms with van der Waals surface area (Å²) in [6.45, 7) is 2.66. The van der Waals surface area contributed by atoms with Gasteiger partial charge in [0.05, 0.1) is 12.6 Å². The highest BCUT2D eigenvalue weighted by atomic mass is 35.5. The minimum atomic E-state index is -3.79. The molecule has 0 radical (unpaired) electrons. The lowest BCUT2D eigenvalue weighted by atomic mass is 9.93. The maximum Gasteiger partial charge on any atom is 0.358 e. The number of hydrogen-bond donors (Lipinski definition) is 1. The Morgan fingerprint density at radius 2 is 2.27 bits per heavy atom. The molecule has 1 aromatic heterocycles. The normalized spacial score (nSPS) is 22.9. The molecule has 2 unspecified atom stereocenters. The molecule has 1 fully saturated rings. The lowest BCUT2D eigenvalue weighted by molar-refractivity contribution is 0.0590. The lowest BCUT2D eigenvalue weighted by Gasteiger charge is -2.38. The van der Waals surface area contributed by atoms with E-state index in [4.69, 9.17) is 5.73 Å². The first-order valence-corrected chi connectivity index (χ1v) is 8.99.